The number of para-hydroxylation sites is 1. The van der Waals surface area contributed by atoms with E-state index in [4.69, 9.17) is 0 Å². The lowest BCUT2D eigenvalue weighted by atomic mass is 10.2. The lowest BCUT2D eigenvalue weighted by Crippen LogP contribution is -2.58. The summed E-state index contributed by atoms with van der Waals surface area (Å²) in [6.07, 6.45) is -4.60. The predicted molar refractivity (Wildman–Crippen MR) is 109 cm³/mol. The average molecular weight is 471 g/mol. The highest BCUT2D eigenvalue weighted by molar-refractivity contribution is 7.89. The average Bonchev–Trinajstić information content (AvgIpc) is 3.17. The second-order valence-corrected chi connectivity index (χ2v) is 9.80. The smallest absolute Gasteiger partial charge is 0.416 e. The summed E-state index contributed by atoms with van der Waals surface area (Å²) in [6, 6.07) is 9.02. The van der Waals surface area contributed by atoms with E-state index in [1.165, 1.54) is 11.3 Å². The topological polar surface area (TPSA) is 90.8 Å². The van der Waals surface area contributed by atoms with Crippen LogP contribution in [-0.4, -0.2) is 54.5 Å². The highest BCUT2D eigenvalue weighted by atomic mass is 32.2. The van der Waals surface area contributed by atoms with Crippen molar-refractivity contribution in [3.63, 3.8) is 0 Å². The third kappa shape index (κ3) is 4.10. The molecule has 2 heterocycles. The van der Waals surface area contributed by atoms with E-state index in [2.05, 4.69) is 4.98 Å². The zero-order chi connectivity index (χ0) is 22.4. The Bertz CT molecular complexity index is 1190. The molecular weight excluding hydrogens is 455 g/mol. The van der Waals surface area contributed by atoms with Crippen LogP contribution < -0.4 is 4.90 Å². The van der Waals surface area contributed by atoms with Crippen LogP contribution in [0.3, 0.4) is 0 Å². The maximum Gasteiger partial charge on any atom is 0.416 e. The third-order valence-electron chi connectivity index (χ3n) is 4.96. The number of fused-ring (bicyclic) bond motifs is 1. The number of carbonyl (C=O) groups is 1. The Balaban J connectivity index is 1.61. The molecule has 0 radical (unpaired) electrons. The first-order valence-corrected chi connectivity index (χ1v) is 11.4. The number of alkyl halides is 3. The Morgan fingerprint density at radius 2 is 1.77 bits per heavy atom. The number of anilines is 1. The lowest BCUT2D eigenvalue weighted by molar-refractivity contribution is -0.141. The quantitative estimate of drug-likeness (QED) is 0.628. The first-order valence-electron chi connectivity index (χ1n) is 9.10. The van der Waals surface area contributed by atoms with E-state index in [-0.39, 0.29) is 24.5 Å². The van der Waals surface area contributed by atoms with E-state index < -0.39 is 33.8 Å². The normalized spacial score (nSPS) is 18.4. The second-order valence-electron chi connectivity index (χ2n) is 6.90. The second kappa shape index (κ2) is 7.77. The van der Waals surface area contributed by atoms with E-state index >= 15 is 0 Å². The van der Waals surface area contributed by atoms with Crippen molar-refractivity contribution in [3.05, 3.63) is 54.1 Å². The van der Waals surface area contributed by atoms with Crippen molar-refractivity contribution in [1.82, 2.24) is 9.29 Å². The number of nitrogens with zero attached hydrogens (tertiary/aromatic N) is 3. The van der Waals surface area contributed by atoms with Gasteiger partial charge in [0.2, 0.25) is 10.0 Å². The van der Waals surface area contributed by atoms with Gasteiger partial charge >= 0.3 is 12.1 Å². The molecule has 1 fully saturated rings. The standard InChI is InChI=1S/C19H16F3N3O4S2/c20-19(21,22)12-5-7-13(8-6-12)31(28,29)25-10-9-24(11-15(25)17(26)27)18-23-14-3-1-2-4-16(14)30-18/h1-8,15H,9-11H2,(H,26,27)/t15-/m1/s1. The molecule has 0 saturated carbocycles. The predicted octanol–water partition coefficient (Wildman–Crippen LogP) is 3.28. The number of sulfonamides is 1. The minimum Gasteiger partial charge on any atom is -0.480 e. The van der Waals surface area contributed by atoms with Crippen molar-refractivity contribution in [2.75, 3.05) is 24.5 Å². The number of carboxylic acid groups (broad SMARTS) is 1. The van der Waals surface area contributed by atoms with E-state index in [0.717, 1.165) is 26.7 Å². The molecule has 7 nitrogen and oxygen atoms in total. The summed E-state index contributed by atoms with van der Waals surface area (Å²) in [5.41, 5.74) is -0.226. The number of aromatic nitrogens is 1. The molecule has 0 spiro atoms. The third-order valence-corrected chi connectivity index (χ3v) is 7.98. The van der Waals surface area contributed by atoms with Crippen molar-refractivity contribution in [3.8, 4) is 0 Å². The Hall–Kier alpha value is -2.70. The Morgan fingerprint density at radius 3 is 2.39 bits per heavy atom. The fourth-order valence-corrected chi connectivity index (χ4v) is 5.94. The van der Waals surface area contributed by atoms with Crippen LogP contribution in [0.5, 0.6) is 0 Å². The summed E-state index contributed by atoms with van der Waals surface area (Å²) < 4.78 is 66.1. The number of aliphatic carboxylic acids is 1. The Kier molecular flexibility index (Phi) is 5.40. The maximum absolute atomic E-state index is 13.0. The summed E-state index contributed by atoms with van der Waals surface area (Å²) in [4.78, 5) is 17.7. The van der Waals surface area contributed by atoms with E-state index in [0.29, 0.717) is 17.3 Å². The number of piperazine rings is 1. The highest BCUT2D eigenvalue weighted by Crippen LogP contribution is 2.33. The fraction of sp³-hybridized carbons (Fsp3) is 0.263. The van der Waals surface area contributed by atoms with Gasteiger partial charge in [-0.3, -0.25) is 4.79 Å². The fourth-order valence-electron chi connectivity index (χ4n) is 3.38. The zero-order valence-electron chi connectivity index (χ0n) is 15.8. The Labute approximate surface area is 179 Å². The van der Waals surface area contributed by atoms with Gasteiger partial charge in [0.1, 0.15) is 6.04 Å². The van der Waals surface area contributed by atoms with Gasteiger partial charge in [0.05, 0.1) is 20.7 Å². The van der Waals surface area contributed by atoms with Gasteiger partial charge in [0, 0.05) is 19.6 Å². The van der Waals surface area contributed by atoms with Crippen molar-refractivity contribution in [2.45, 2.75) is 17.1 Å². The number of benzene rings is 2. The molecule has 1 aliphatic rings. The molecule has 1 N–H and O–H groups in total. The first-order chi connectivity index (χ1) is 14.6. The van der Waals surface area contributed by atoms with Crippen molar-refractivity contribution >= 4 is 42.7 Å². The number of carboxylic acids is 1. The van der Waals surface area contributed by atoms with Crippen LogP contribution in [0.1, 0.15) is 5.56 Å². The van der Waals surface area contributed by atoms with Crippen LogP contribution in [-0.2, 0) is 21.0 Å². The van der Waals surface area contributed by atoms with Crippen molar-refractivity contribution < 1.29 is 31.5 Å². The molecule has 31 heavy (non-hydrogen) atoms. The molecule has 0 unspecified atom stereocenters. The molecule has 1 aliphatic heterocycles. The lowest BCUT2D eigenvalue weighted by Gasteiger charge is -2.38. The molecule has 2 aromatic carbocycles. The van der Waals surface area contributed by atoms with Gasteiger partial charge in [-0.25, -0.2) is 13.4 Å². The van der Waals surface area contributed by atoms with Gasteiger partial charge in [-0.05, 0) is 36.4 Å². The first kappa shape index (κ1) is 21.5. The SMILES string of the molecule is O=C(O)[C@H]1CN(c2nc3ccccc3s2)CCN1S(=O)(=O)c1ccc(C(F)(F)F)cc1. The van der Waals surface area contributed by atoms with E-state index in [1.54, 1.807) is 4.90 Å². The summed E-state index contributed by atoms with van der Waals surface area (Å²) >= 11 is 1.37. The van der Waals surface area contributed by atoms with Crippen molar-refractivity contribution in [2.24, 2.45) is 0 Å². The summed E-state index contributed by atoms with van der Waals surface area (Å²) in [5.74, 6) is -1.35. The van der Waals surface area contributed by atoms with Crippen LogP contribution >= 0.6 is 11.3 Å². The van der Waals surface area contributed by atoms with Crippen LogP contribution in [0.2, 0.25) is 0 Å². The van der Waals surface area contributed by atoms with E-state index in [1.807, 2.05) is 24.3 Å². The minimum atomic E-state index is -4.60. The van der Waals surface area contributed by atoms with Gasteiger partial charge in [-0.2, -0.15) is 17.5 Å². The summed E-state index contributed by atoms with van der Waals surface area (Å²) in [6.45, 7) is -0.0747. The van der Waals surface area contributed by atoms with Gasteiger partial charge in [0.15, 0.2) is 5.13 Å². The molecule has 164 valence electrons. The monoisotopic (exact) mass is 471 g/mol. The van der Waals surface area contributed by atoms with Crippen LogP contribution in [0.15, 0.2) is 53.4 Å². The number of halogens is 3. The molecule has 3 aromatic rings. The van der Waals surface area contributed by atoms with Crippen LogP contribution in [0.25, 0.3) is 10.2 Å². The van der Waals surface area contributed by atoms with Crippen molar-refractivity contribution in [1.29, 1.82) is 0 Å². The van der Waals surface area contributed by atoms with E-state index in [9.17, 15) is 31.5 Å². The van der Waals surface area contributed by atoms with Gasteiger partial charge in [0.25, 0.3) is 0 Å². The zero-order valence-corrected chi connectivity index (χ0v) is 17.4. The highest BCUT2D eigenvalue weighted by Gasteiger charge is 2.41. The molecular formula is C19H16F3N3O4S2. The molecule has 4 rings (SSSR count). The number of thiazole rings is 1. The Morgan fingerprint density at radius 1 is 1.10 bits per heavy atom. The number of hydrogen-bond acceptors (Lipinski definition) is 6. The van der Waals surface area contributed by atoms with Crippen LogP contribution in [0.4, 0.5) is 18.3 Å². The minimum absolute atomic E-state index is 0.130. The van der Waals surface area contributed by atoms with Crippen LogP contribution in [0, 0.1) is 0 Å². The summed E-state index contributed by atoms with van der Waals surface area (Å²) in [5, 5.41) is 10.3. The molecule has 0 bridgehead atoms. The molecule has 12 heteroatoms. The van der Waals surface area contributed by atoms with Gasteiger partial charge in [-0.15, -0.1) is 0 Å². The molecule has 1 aromatic heterocycles. The van der Waals surface area contributed by atoms with Gasteiger partial charge < -0.3 is 10.0 Å². The molecule has 1 saturated heterocycles. The molecule has 1 atom stereocenters. The molecule has 0 amide bonds. The summed E-state index contributed by atoms with van der Waals surface area (Å²) in [7, 11) is -4.31. The number of rotatable bonds is 4. The maximum atomic E-state index is 13.0. The molecule has 0 aliphatic carbocycles. The van der Waals surface area contributed by atoms with Gasteiger partial charge in [-0.1, -0.05) is 23.5 Å². The largest absolute Gasteiger partial charge is 0.480 e. The number of hydrogen-bond donors (Lipinski definition) is 1.